The third-order valence-electron chi connectivity index (χ3n) is 10.3. The predicted octanol–water partition coefficient (Wildman–Crippen LogP) is 13.3. The van der Waals surface area contributed by atoms with Crippen LogP contribution in [0.2, 0.25) is 0 Å². The molecule has 0 aliphatic heterocycles. The van der Waals surface area contributed by atoms with Gasteiger partial charge in [0.05, 0.1) is 22.6 Å². The maximum Gasteiger partial charge on any atom is 0.209 e. The van der Waals surface area contributed by atoms with Gasteiger partial charge in [0.1, 0.15) is 17.7 Å². The third-order valence-corrected chi connectivity index (χ3v) is 11.7. The number of rotatable bonds is 18. The molecule has 3 rings (SSSR count). The topological polar surface area (TPSA) is 48.6 Å². The summed E-state index contributed by atoms with van der Waals surface area (Å²) in [5.74, 6) is 1.16. The molecule has 1 heterocycles. The number of nitrogens with zero attached hydrogens (tertiary/aromatic N) is 3. The number of fused-ring (bicyclic) bond motifs is 1. The van der Waals surface area contributed by atoms with Crippen LogP contribution in [0.3, 0.4) is 0 Å². The van der Waals surface area contributed by atoms with Crippen LogP contribution in [0, 0.1) is 34.9 Å². The SMILES string of the molecule is CC/C=C(/N=C1/C=C(c2ccc(F)c3sc(C(C)CC)c(C#N)c23)C(F)=C/C1=C(/C)N(CC)C(CCC(C)CC)C(C)C)OCC(C)CCC. The summed E-state index contributed by atoms with van der Waals surface area (Å²) in [4.78, 5) is 8.36. The standard InChI is InChI=1S/C43H61F2N3OS/c1-12-17-29(9)26-49-40(18-13-2)47-38-24-34(32-20-21-36(44)43-41(32)35(25-46)42(50-43)30(10)15-4)37(45)23-33(38)31(11)48(16-5)39(27(6)7)22-19-28(8)14-3/h18,20-21,23-24,27-30,39H,12-17,19,22,26H2,1-11H3/b33-31+,40-18-,47-38-. The molecule has 0 radical (unpaired) electrons. The summed E-state index contributed by atoms with van der Waals surface area (Å²) in [6, 6.07) is 5.63. The Labute approximate surface area is 305 Å². The summed E-state index contributed by atoms with van der Waals surface area (Å²) in [6.07, 6.45) is 12.3. The lowest BCUT2D eigenvalue weighted by Crippen LogP contribution is -2.39. The van der Waals surface area contributed by atoms with Crippen molar-refractivity contribution in [1.82, 2.24) is 4.90 Å². The number of halogens is 2. The fourth-order valence-corrected chi connectivity index (χ4v) is 8.14. The molecular formula is C43H61F2N3OS. The Morgan fingerprint density at radius 1 is 0.980 bits per heavy atom. The minimum absolute atomic E-state index is 0.0764. The zero-order chi connectivity index (χ0) is 37.1. The Kier molecular flexibility index (Phi) is 16.0. The van der Waals surface area contributed by atoms with E-state index in [1.807, 2.05) is 13.0 Å². The Hall–Kier alpha value is -3.24. The highest BCUT2D eigenvalue weighted by Gasteiger charge is 2.29. The summed E-state index contributed by atoms with van der Waals surface area (Å²) in [5.41, 5.74) is 3.49. The van der Waals surface area contributed by atoms with Gasteiger partial charge in [0.2, 0.25) is 5.88 Å². The van der Waals surface area contributed by atoms with Crippen molar-refractivity contribution in [2.75, 3.05) is 13.2 Å². The molecule has 0 spiro atoms. The Bertz CT molecular complexity index is 1650. The molecule has 1 aromatic heterocycles. The average molecular weight is 706 g/mol. The molecule has 0 saturated carbocycles. The predicted molar refractivity (Wildman–Crippen MR) is 211 cm³/mol. The molecule has 0 saturated heterocycles. The second-order valence-electron chi connectivity index (χ2n) is 14.5. The number of nitriles is 1. The van der Waals surface area contributed by atoms with Gasteiger partial charge in [-0.1, -0.05) is 81.2 Å². The van der Waals surface area contributed by atoms with Gasteiger partial charge < -0.3 is 9.64 Å². The van der Waals surface area contributed by atoms with Gasteiger partial charge >= 0.3 is 0 Å². The van der Waals surface area contributed by atoms with Gasteiger partial charge in [-0.3, -0.25) is 0 Å². The number of allylic oxidation sites excluding steroid dienone is 7. The Morgan fingerprint density at radius 2 is 1.70 bits per heavy atom. The van der Waals surface area contributed by atoms with E-state index in [9.17, 15) is 5.26 Å². The molecule has 0 fully saturated rings. The van der Waals surface area contributed by atoms with Crippen molar-refractivity contribution in [1.29, 1.82) is 5.26 Å². The van der Waals surface area contributed by atoms with Crippen LogP contribution < -0.4 is 0 Å². The van der Waals surface area contributed by atoms with Crippen molar-refractivity contribution in [3.8, 4) is 6.07 Å². The molecule has 4 atom stereocenters. The Balaban J connectivity index is 2.32. The highest BCUT2D eigenvalue weighted by atomic mass is 32.1. The second-order valence-corrected chi connectivity index (χ2v) is 15.5. The van der Waals surface area contributed by atoms with E-state index < -0.39 is 11.6 Å². The zero-order valence-electron chi connectivity index (χ0n) is 32.6. The van der Waals surface area contributed by atoms with Crippen LogP contribution in [0.15, 0.2) is 58.3 Å². The van der Waals surface area contributed by atoms with Gasteiger partial charge in [-0.05, 0) is 99.5 Å². The van der Waals surface area contributed by atoms with E-state index >= 15 is 8.78 Å². The van der Waals surface area contributed by atoms with E-state index in [0.29, 0.717) is 68.3 Å². The van der Waals surface area contributed by atoms with Crippen molar-refractivity contribution in [3.05, 3.63) is 75.2 Å². The van der Waals surface area contributed by atoms with Crippen LogP contribution in [-0.4, -0.2) is 29.8 Å². The van der Waals surface area contributed by atoms with Gasteiger partial charge in [0.25, 0.3) is 0 Å². The quantitative estimate of drug-likeness (QED) is 0.145. The summed E-state index contributed by atoms with van der Waals surface area (Å²) in [7, 11) is 0. The fraction of sp³-hybridized carbons (Fsp3) is 0.581. The first-order valence-corrected chi connectivity index (χ1v) is 19.8. The van der Waals surface area contributed by atoms with Crippen molar-refractivity contribution >= 4 is 32.7 Å². The monoisotopic (exact) mass is 705 g/mol. The third kappa shape index (κ3) is 9.75. The van der Waals surface area contributed by atoms with Crippen molar-refractivity contribution in [2.24, 2.45) is 22.7 Å². The van der Waals surface area contributed by atoms with Gasteiger partial charge in [-0.2, -0.15) is 5.26 Å². The highest BCUT2D eigenvalue weighted by Crippen LogP contribution is 2.44. The summed E-state index contributed by atoms with van der Waals surface area (Å²) < 4.78 is 38.8. The lowest BCUT2D eigenvalue weighted by Gasteiger charge is -2.38. The minimum atomic E-state index is -0.429. The average Bonchev–Trinajstić information content (AvgIpc) is 3.50. The van der Waals surface area contributed by atoms with Gasteiger partial charge in [0.15, 0.2) is 0 Å². The summed E-state index contributed by atoms with van der Waals surface area (Å²) in [6.45, 7) is 25.1. The van der Waals surface area contributed by atoms with E-state index in [2.05, 4.69) is 80.2 Å². The van der Waals surface area contributed by atoms with Gasteiger partial charge in [0, 0.05) is 39.7 Å². The Morgan fingerprint density at radius 3 is 2.28 bits per heavy atom. The number of ether oxygens (including phenoxy) is 1. The minimum Gasteiger partial charge on any atom is -0.478 e. The first kappa shape index (κ1) is 41.2. The first-order chi connectivity index (χ1) is 23.9. The normalized spacial score (nSPS) is 18.1. The molecule has 274 valence electrons. The van der Waals surface area contributed by atoms with E-state index in [0.717, 1.165) is 62.1 Å². The van der Waals surface area contributed by atoms with E-state index in [1.54, 1.807) is 18.2 Å². The molecule has 50 heavy (non-hydrogen) atoms. The number of hydrogen-bond acceptors (Lipinski definition) is 5. The van der Waals surface area contributed by atoms with Gasteiger partial charge in [-0.25, -0.2) is 13.8 Å². The molecule has 1 aromatic carbocycles. The lowest BCUT2D eigenvalue weighted by atomic mass is 9.88. The molecule has 0 N–H and O–H groups in total. The van der Waals surface area contributed by atoms with Gasteiger partial charge in [-0.15, -0.1) is 11.3 Å². The maximum atomic E-state index is 16.7. The van der Waals surface area contributed by atoms with Crippen molar-refractivity contribution in [2.45, 2.75) is 133 Å². The van der Waals surface area contributed by atoms with Crippen LogP contribution in [0.4, 0.5) is 8.78 Å². The molecule has 0 amide bonds. The van der Waals surface area contributed by atoms with Crippen LogP contribution in [0.1, 0.15) is 143 Å². The van der Waals surface area contributed by atoms with E-state index in [1.165, 1.54) is 17.4 Å². The van der Waals surface area contributed by atoms with Crippen LogP contribution in [0.25, 0.3) is 15.7 Å². The van der Waals surface area contributed by atoms with Crippen LogP contribution >= 0.6 is 11.3 Å². The largest absolute Gasteiger partial charge is 0.478 e. The van der Waals surface area contributed by atoms with E-state index in [4.69, 9.17) is 9.73 Å². The molecule has 4 nitrogen and oxygen atoms in total. The van der Waals surface area contributed by atoms with Crippen molar-refractivity contribution < 1.29 is 13.5 Å². The zero-order valence-corrected chi connectivity index (χ0v) is 33.4. The molecular weight excluding hydrogens is 645 g/mol. The second kappa shape index (κ2) is 19.4. The number of hydrogen-bond donors (Lipinski definition) is 0. The molecule has 1 aliphatic carbocycles. The summed E-state index contributed by atoms with van der Waals surface area (Å²) in [5, 5.41) is 10.8. The molecule has 4 unspecified atom stereocenters. The highest BCUT2D eigenvalue weighted by molar-refractivity contribution is 7.19. The maximum absolute atomic E-state index is 16.7. The first-order valence-electron chi connectivity index (χ1n) is 19.0. The van der Waals surface area contributed by atoms with Crippen LogP contribution in [-0.2, 0) is 4.74 Å². The molecule has 1 aliphatic rings. The smallest absolute Gasteiger partial charge is 0.209 e. The number of aliphatic imine (C=N–C) groups is 1. The number of benzene rings is 1. The summed E-state index contributed by atoms with van der Waals surface area (Å²) >= 11 is 1.30. The fourth-order valence-electron chi connectivity index (χ4n) is 6.83. The van der Waals surface area contributed by atoms with E-state index in [-0.39, 0.29) is 12.0 Å². The molecule has 2 aromatic rings. The molecule has 0 bridgehead atoms. The van der Waals surface area contributed by atoms with Crippen LogP contribution in [0.5, 0.6) is 0 Å². The lowest BCUT2D eigenvalue weighted by molar-refractivity contribution is 0.165. The van der Waals surface area contributed by atoms with Crippen molar-refractivity contribution in [3.63, 3.8) is 0 Å². The number of thiophene rings is 1. The molecule has 7 heteroatoms.